The molecule has 0 aliphatic carbocycles. The summed E-state index contributed by atoms with van der Waals surface area (Å²) in [6.45, 7) is 6.48. The molecular formula is C16H27N3. The van der Waals surface area contributed by atoms with Gasteiger partial charge in [-0.2, -0.15) is 0 Å². The van der Waals surface area contributed by atoms with Gasteiger partial charge in [-0.05, 0) is 32.0 Å². The molecule has 1 saturated heterocycles. The Morgan fingerprint density at radius 3 is 2.63 bits per heavy atom. The van der Waals surface area contributed by atoms with E-state index in [1.165, 1.54) is 24.9 Å². The summed E-state index contributed by atoms with van der Waals surface area (Å²) in [7, 11) is 2.23. The summed E-state index contributed by atoms with van der Waals surface area (Å²) in [5.74, 6) is 0. The van der Waals surface area contributed by atoms with Crippen LogP contribution < -0.4 is 5.73 Å². The predicted octanol–water partition coefficient (Wildman–Crippen LogP) is 2.10. The highest BCUT2D eigenvalue weighted by molar-refractivity contribution is 5.19. The fourth-order valence-electron chi connectivity index (χ4n) is 3.17. The number of hydrogen-bond acceptors (Lipinski definition) is 3. The first kappa shape index (κ1) is 14.5. The molecule has 1 aromatic rings. The smallest absolute Gasteiger partial charge is 0.0473 e. The molecule has 1 aromatic carbocycles. The lowest BCUT2D eigenvalue weighted by molar-refractivity contribution is 0.131. The fourth-order valence-corrected chi connectivity index (χ4v) is 3.17. The molecule has 1 aliphatic heterocycles. The minimum absolute atomic E-state index is 0.359. The second kappa shape index (κ2) is 7.04. The van der Waals surface area contributed by atoms with Crippen LogP contribution in [0.2, 0.25) is 0 Å². The summed E-state index contributed by atoms with van der Waals surface area (Å²) in [5, 5.41) is 0. The van der Waals surface area contributed by atoms with E-state index in [4.69, 9.17) is 5.73 Å². The van der Waals surface area contributed by atoms with E-state index in [9.17, 15) is 0 Å². The maximum absolute atomic E-state index is 6.08. The Morgan fingerprint density at radius 1 is 1.26 bits per heavy atom. The van der Waals surface area contributed by atoms with Crippen molar-refractivity contribution in [2.24, 2.45) is 5.73 Å². The van der Waals surface area contributed by atoms with Crippen LogP contribution in [0.4, 0.5) is 0 Å². The van der Waals surface area contributed by atoms with Crippen molar-refractivity contribution in [3.8, 4) is 0 Å². The molecule has 2 atom stereocenters. The van der Waals surface area contributed by atoms with Crippen LogP contribution in [0.5, 0.6) is 0 Å². The van der Waals surface area contributed by atoms with Crippen LogP contribution in [0.3, 0.4) is 0 Å². The third-order valence-electron chi connectivity index (χ3n) is 4.23. The largest absolute Gasteiger partial charge is 0.329 e. The second-order valence-electron chi connectivity index (χ2n) is 5.58. The average molecular weight is 261 g/mol. The number of benzene rings is 1. The first-order valence-electron chi connectivity index (χ1n) is 7.45. The zero-order valence-corrected chi connectivity index (χ0v) is 12.3. The molecule has 3 heteroatoms. The highest BCUT2D eigenvalue weighted by Gasteiger charge is 2.28. The van der Waals surface area contributed by atoms with Crippen LogP contribution in [-0.4, -0.2) is 49.1 Å². The van der Waals surface area contributed by atoms with Crippen molar-refractivity contribution >= 4 is 0 Å². The van der Waals surface area contributed by atoms with Gasteiger partial charge in [0.1, 0.15) is 0 Å². The lowest BCUT2D eigenvalue weighted by atomic mass is 10.0. The van der Waals surface area contributed by atoms with Gasteiger partial charge in [0, 0.05) is 31.7 Å². The van der Waals surface area contributed by atoms with Gasteiger partial charge in [0.15, 0.2) is 0 Å². The van der Waals surface area contributed by atoms with Gasteiger partial charge in [-0.3, -0.25) is 4.90 Å². The van der Waals surface area contributed by atoms with Crippen LogP contribution in [0.1, 0.15) is 31.4 Å². The molecule has 2 rings (SSSR count). The Kier molecular flexibility index (Phi) is 5.37. The minimum atomic E-state index is 0.359. The van der Waals surface area contributed by atoms with Crippen LogP contribution in [0, 0.1) is 0 Å². The van der Waals surface area contributed by atoms with Crippen molar-refractivity contribution in [3.63, 3.8) is 0 Å². The van der Waals surface area contributed by atoms with E-state index in [0.717, 1.165) is 13.1 Å². The van der Waals surface area contributed by atoms with Crippen molar-refractivity contribution in [2.75, 3.05) is 33.2 Å². The Balaban J connectivity index is 2.20. The van der Waals surface area contributed by atoms with Crippen molar-refractivity contribution in [1.82, 2.24) is 9.80 Å². The molecule has 1 fully saturated rings. The van der Waals surface area contributed by atoms with Gasteiger partial charge >= 0.3 is 0 Å². The zero-order valence-electron chi connectivity index (χ0n) is 12.3. The average Bonchev–Trinajstić information content (AvgIpc) is 2.63. The maximum Gasteiger partial charge on any atom is 0.0473 e. The molecule has 0 aromatic heterocycles. The SMILES string of the molecule is CCC1CN(C)CCCN1C(CN)c1ccccc1. The third kappa shape index (κ3) is 3.56. The van der Waals surface area contributed by atoms with E-state index in [1.54, 1.807) is 0 Å². The molecule has 1 aliphatic rings. The van der Waals surface area contributed by atoms with Gasteiger partial charge in [0.25, 0.3) is 0 Å². The zero-order chi connectivity index (χ0) is 13.7. The number of nitrogens with zero attached hydrogens (tertiary/aromatic N) is 2. The van der Waals surface area contributed by atoms with E-state index in [2.05, 4.69) is 54.1 Å². The molecule has 0 spiro atoms. The van der Waals surface area contributed by atoms with E-state index in [1.807, 2.05) is 0 Å². The van der Waals surface area contributed by atoms with Crippen molar-refractivity contribution in [3.05, 3.63) is 35.9 Å². The fraction of sp³-hybridized carbons (Fsp3) is 0.625. The maximum atomic E-state index is 6.08. The van der Waals surface area contributed by atoms with E-state index < -0.39 is 0 Å². The van der Waals surface area contributed by atoms with E-state index in [-0.39, 0.29) is 0 Å². The van der Waals surface area contributed by atoms with Gasteiger partial charge in [-0.1, -0.05) is 37.3 Å². The van der Waals surface area contributed by atoms with Gasteiger partial charge in [-0.25, -0.2) is 0 Å². The summed E-state index contributed by atoms with van der Waals surface area (Å²) in [5.41, 5.74) is 7.44. The first-order chi connectivity index (χ1) is 9.26. The minimum Gasteiger partial charge on any atom is -0.329 e. The molecule has 0 amide bonds. The molecular weight excluding hydrogens is 234 g/mol. The summed E-state index contributed by atoms with van der Waals surface area (Å²) in [4.78, 5) is 5.07. The quantitative estimate of drug-likeness (QED) is 0.901. The summed E-state index contributed by atoms with van der Waals surface area (Å²) in [6, 6.07) is 11.7. The summed E-state index contributed by atoms with van der Waals surface area (Å²) in [6.07, 6.45) is 2.42. The van der Waals surface area contributed by atoms with Gasteiger partial charge < -0.3 is 10.6 Å². The van der Waals surface area contributed by atoms with Crippen LogP contribution in [0.25, 0.3) is 0 Å². The molecule has 0 radical (unpaired) electrons. The van der Waals surface area contributed by atoms with Crippen molar-refractivity contribution < 1.29 is 0 Å². The molecule has 3 nitrogen and oxygen atoms in total. The lowest BCUT2D eigenvalue weighted by Crippen LogP contribution is -2.44. The van der Waals surface area contributed by atoms with Gasteiger partial charge in [-0.15, -0.1) is 0 Å². The van der Waals surface area contributed by atoms with E-state index >= 15 is 0 Å². The molecule has 1 heterocycles. The Labute approximate surface area is 117 Å². The highest BCUT2D eigenvalue weighted by atomic mass is 15.3. The Hall–Kier alpha value is -0.900. The van der Waals surface area contributed by atoms with Crippen LogP contribution in [-0.2, 0) is 0 Å². The van der Waals surface area contributed by atoms with E-state index in [0.29, 0.717) is 18.6 Å². The number of hydrogen-bond donors (Lipinski definition) is 1. The Morgan fingerprint density at radius 2 is 2.00 bits per heavy atom. The molecule has 0 bridgehead atoms. The molecule has 19 heavy (non-hydrogen) atoms. The molecule has 0 saturated carbocycles. The first-order valence-corrected chi connectivity index (χ1v) is 7.45. The number of likely N-dealkylation sites (N-methyl/N-ethyl adjacent to an activating group) is 1. The monoisotopic (exact) mass is 261 g/mol. The molecule has 106 valence electrons. The normalized spacial score (nSPS) is 24.1. The molecule has 2 N–H and O–H groups in total. The standard InChI is InChI=1S/C16H27N3/c1-3-15-13-18(2)10-7-11-19(15)16(12-17)14-8-5-4-6-9-14/h4-6,8-9,15-16H,3,7,10-13,17H2,1-2H3. The van der Waals surface area contributed by atoms with Gasteiger partial charge in [0.2, 0.25) is 0 Å². The van der Waals surface area contributed by atoms with Crippen LogP contribution >= 0.6 is 0 Å². The van der Waals surface area contributed by atoms with Crippen LogP contribution in [0.15, 0.2) is 30.3 Å². The summed E-state index contributed by atoms with van der Waals surface area (Å²) < 4.78 is 0. The van der Waals surface area contributed by atoms with Crippen molar-refractivity contribution in [1.29, 1.82) is 0 Å². The second-order valence-corrected chi connectivity index (χ2v) is 5.58. The molecule has 2 unspecified atom stereocenters. The topological polar surface area (TPSA) is 32.5 Å². The number of nitrogens with two attached hydrogens (primary N) is 1. The van der Waals surface area contributed by atoms with Gasteiger partial charge in [0.05, 0.1) is 0 Å². The lowest BCUT2D eigenvalue weighted by Gasteiger charge is -2.36. The third-order valence-corrected chi connectivity index (χ3v) is 4.23. The highest BCUT2D eigenvalue weighted by Crippen LogP contribution is 2.25. The Bertz CT molecular complexity index is 366. The van der Waals surface area contributed by atoms with Crippen molar-refractivity contribution in [2.45, 2.75) is 31.8 Å². The predicted molar refractivity (Wildman–Crippen MR) is 81.1 cm³/mol. The summed E-state index contributed by atoms with van der Waals surface area (Å²) >= 11 is 0. The number of rotatable bonds is 4.